The second-order valence-electron chi connectivity index (χ2n) is 9.39. The molecule has 2 saturated carbocycles. The van der Waals surface area contributed by atoms with E-state index in [4.69, 9.17) is 4.74 Å². The highest BCUT2D eigenvalue weighted by Crippen LogP contribution is 2.56. The van der Waals surface area contributed by atoms with Crippen LogP contribution in [0.5, 0.6) is 0 Å². The zero-order chi connectivity index (χ0) is 19.0. The number of esters is 1. The molecule has 1 aromatic rings. The van der Waals surface area contributed by atoms with Crippen LogP contribution in [0, 0.1) is 23.2 Å². The molecule has 6 atom stereocenters. The van der Waals surface area contributed by atoms with E-state index in [1.165, 1.54) is 23.3 Å². The van der Waals surface area contributed by atoms with E-state index in [2.05, 4.69) is 31.6 Å². The van der Waals surface area contributed by atoms with Crippen molar-refractivity contribution in [1.29, 1.82) is 0 Å². The number of rotatable bonds is 5. The van der Waals surface area contributed by atoms with Crippen molar-refractivity contribution in [3.05, 3.63) is 42.2 Å². The van der Waals surface area contributed by atoms with Gasteiger partial charge < -0.3 is 9.64 Å². The van der Waals surface area contributed by atoms with E-state index in [0.29, 0.717) is 11.8 Å². The largest absolute Gasteiger partial charge is 0.462 e. The van der Waals surface area contributed by atoms with Crippen LogP contribution in [0.15, 0.2) is 36.5 Å². The lowest BCUT2D eigenvalue weighted by atomic mass is 9.55. The van der Waals surface area contributed by atoms with Crippen molar-refractivity contribution >= 4 is 5.97 Å². The van der Waals surface area contributed by atoms with Crippen LogP contribution in [0.1, 0.15) is 44.7 Å². The average molecular weight is 370 g/mol. The lowest BCUT2D eigenvalue weighted by Gasteiger charge is -2.50. The SMILES string of the molecule is C=C1CCC[C@]2(C)C[C@H]3OC(=O)[C@@H](C[NH+](C)CCc4ccccn4)[C@H]3C[C@H]12. The quantitative estimate of drug-likeness (QED) is 0.640. The van der Waals surface area contributed by atoms with Crippen LogP contribution in [0.25, 0.3) is 0 Å². The summed E-state index contributed by atoms with van der Waals surface area (Å²) in [4.78, 5) is 18.5. The highest BCUT2D eigenvalue weighted by molar-refractivity contribution is 5.75. The first-order valence-corrected chi connectivity index (χ1v) is 10.6. The lowest BCUT2D eigenvalue weighted by Crippen LogP contribution is -3.10. The maximum absolute atomic E-state index is 12.7. The first-order valence-electron chi connectivity index (χ1n) is 10.6. The minimum absolute atomic E-state index is 0.0371. The Morgan fingerprint density at radius 2 is 2.26 bits per heavy atom. The molecular formula is C23H33N2O2+. The van der Waals surface area contributed by atoms with Gasteiger partial charge in [-0.05, 0) is 55.6 Å². The Labute approximate surface area is 163 Å². The van der Waals surface area contributed by atoms with Gasteiger partial charge in [0, 0.05) is 24.2 Å². The van der Waals surface area contributed by atoms with Gasteiger partial charge in [0.2, 0.25) is 0 Å². The number of hydrogen-bond donors (Lipinski definition) is 1. The van der Waals surface area contributed by atoms with Crippen LogP contribution in [-0.2, 0) is 16.0 Å². The van der Waals surface area contributed by atoms with E-state index in [-0.39, 0.29) is 23.4 Å². The number of likely N-dealkylation sites (N-methyl/N-ethyl adjacent to an activating group) is 1. The van der Waals surface area contributed by atoms with Crippen molar-refractivity contribution in [2.45, 2.75) is 51.6 Å². The molecule has 0 radical (unpaired) electrons. The first kappa shape index (κ1) is 18.7. The second kappa shape index (κ2) is 7.38. The standard InChI is InChI=1S/C23H32N2O2/c1-16-7-6-10-23(2)14-21-18(13-20(16)23)19(22(26)27-21)15-25(3)12-9-17-8-4-5-11-24-17/h4-5,8,11,18-21H,1,6-7,9-10,12-15H2,2-3H3/p+1/t18-,19+,20-,21-,23-/m1/s1. The molecule has 1 aromatic heterocycles. The molecule has 2 heterocycles. The molecule has 1 aliphatic heterocycles. The number of ether oxygens (including phenoxy) is 1. The molecule has 3 fully saturated rings. The van der Waals surface area contributed by atoms with Gasteiger partial charge in [-0.3, -0.25) is 9.78 Å². The van der Waals surface area contributed by atoms with Crippen molar-refractivity contribution < 1.29 is 14.4 Å². The summed E-state index contributed by atoms with van der Waals surface area (Å²) in [6.45, 7) is 8.64. The molecule has 1 N–H and O–H groups in total. The summed E-state index contributed by atoms with van der Waals surface area (Å²) in [5.41, 5.74) is 2.82. The maximum Gasteiger partial charge on any atom is 0.315 e. The zero-order valence-electron chi connectivity index (χ0n) is 16.7. The third-order valence-electron chi connectivity index (χ3n) is 7.42. The number of fused-ring (bicyclic) bond motifs is 2. The highest BCUT2D eigenvalue weighted by Gasteiger charge is 2.55. The molecule has 1 unspecified atom stereocenters. The van der Waals surface area contributed by atoms with Crippen LogP contribution in [0.3, 0.4) is 0 Å². The third-order valence-corrected chi connectivity index (χ3v) is 7.42. The number of quaternary nitrogens is 1. The summed E-state index contributed by atoms with van der Waals surface area (Å²) in [6.07, 6.45) is 8.67. The number of pyridine rings is 1. The van der Waals surface area contributed by atoms with Gasteiger partial charge in [0.1, 0.15) is 12.0 Å². The highest BCUT2D eigenvalue weighted by atomic mass is 16.6. The summed E-state index contributed by atoms with van der Waals surface area (Å²) < 4.78 is 5.90. The first-order chi connectivity index (χ1) is 13.0. The van der Waals surface area contributed by atoms with Crippen LogP contribution in [0.2, 0.25) is 0 Å². The number of allylic oxidation sites excluding steroid dienone is 1. The Bertz CT molecular complexity index is 704. The van der Waals surface area contributed by atoms with Crippen LogP contribution < -0.4 is 4.90 Å². The number of nitrogens with one attached hydrogen (secondary N) is 1. The monoisotopic (exact) mass is 369 g/mol. The lowest BCUT2D eigenvalue weighted by molar-refractivity contribution is -0.882. The van der Waals surface area contributed by atoms with Gasteiger partial charge in [0.25, 0.3) is 0 Å². The Kier molecular flexibility index (Phi) is 5.11. The fraction of sp³-hybridized carbons (Fsp3) is 0.652. The van der Waals surface area contributed by atoms with Crippen LogP contribution >= 0.6 is 0 Å². The molecule has 146 valence electrons. The molecule has 1 saturated heterocycles. The smallest absolute Gasteiger partial charge is 0.315 e. The Morgan fingerprint density at radius 1 is 1.41 bits per heavy atom. The van der Waals surface area contributed by atoms with E-state index < -0.39 is 0 Å². The normalized spacial score (nSPS) is 36.7. The van der Waals surface area contributed by atoms with Gasteiger partial charge >= 0.3 is 5.97 Å². The summed E-state index contributed by atoms with van der Waals surface area (Å²) in [7, 11) is 2.19. The predicted octanol–water partition coefficient (Wildman–Crippen LogP) is 2.45. The van der Waals surface area contributed by atoms with E-state index in [0.717, 1.165) is 44.5 Å². The van der Waals surface area contributed by atoms with Gasteiger partial charge in [-0.15, -0.1) is 0 Å². The Morgan fingerprint density at radius 3 is 3.04 bits per heavy atom. The van der Waals surface area contributed by atoms with E-state index in [1.54, 1.807) is 0 Å². The molecule has 27 heavy (non-hydrogen) atoms. The van der Waals surface area contributed by atoms with Crippen LogP contribution in [0.4, 0.5) is 0 Å². The maximum atomic E-state index is 12.7. The van der Waals surface area contributed by atoms with Crippen molar-refractivity contribution in [2.75, 3.05) is 20.1 Å². The Balaban J connectivity index is 1.40. The van der Waals surface area contributed by atoms with E-state index in [1.807, 2.05) is 18.3 Å². The van der Waals surface area contributed by atoms with Gasteiger partial charge in [-0.2, -0.15) is 0 Å². The number of carbonyl (C=O) groups is 1. The minimum Gasteiger partial charge on any atom is -0.462 e. The van der Waals surface area contributed by atoms with Crippen molar-refractivity contribution in [2.24, 2.45) is 23.2 Å². The molecule has 4 heteroatoms. The summed E-state index contributed by atoms with van der Waals surface area (Å²) in [5.74, 6) is 1.02. The van der Waals surface area contributed by atoms with Gasteiger partial charge in [-0.25, -0.2) is 0 Å². The molecule has 4 nitrogen and oxygen atoms in total. The molecule has 0 bridgehead atoms. The molecule has 0 spiro atoms. The molecule has 0 amide bonds. The van der Waals surface area contributed by atoms with E-state index in [9.17, 15) is 4.79 Å². The van der Waals surface area contributed by atoms with Crippen molar-refractivity contribution in [3.8, 4) is 0 Å². The van der Waals surface area contributed by atoms with Crippen LogP contribution in [-0.4, -0.2) is 37.2 Å². The summed E-state index contributed by atoms with van der Waals surface area (Å²) >= 11 is 0. The average Bonchev–Trinajstić information content (AvgIpc) is 2.93. The van der Waals surface area contributed by atoms with E-state index >= 15 is 0 Å². The molecule has 4 rings (SSSR count). The van der Waals surface area contributed by atoms with Gasteiger partial charge in [0.05, 0.1) is 20.1 Å². The molecule has 3 aliphatic rings. The number of aromatic nitrogens is 1. The fourth-order valence-electron chi connectivity index (χ4n) is 5.85. The molecule has 0 aromatic carbocycles. The summed E-state index contributed by atoms with van der Waals surface area (Å²) in [5, 5.41) is 0. The molecule has 2 aliphatic carbocycles. The second-order valence-corrected chi connectivity index (χ2v) is 9.39. The Hall–Kier alpha value is -1.68. The number of hydrogen-bond acceptors (Lipinski definition) is 3. The third kappa shape index (κ3) is 3.69. The number of carbonyl (C=O) groups excluding carboxylic acids is 1. The number of nitrogens with zero attached hydrogens (tertiary/aromatic N) is 1. The topological polar surface area (TPSA) is 43.6 Å². The van der Waals surface area contributed by atoms with Crippen molar-refractivity contribution in [3.63, 3.8) is 0 Å². The molecular weight excluding hydrogens is 336 g/mol. The fourth-order valence-corrected chi connectivity index (χ4v) is 5.85. The summed E-state index contributed by atoms with van der Waals surface area (Å²) in [6, 6.07) is 6.06. The zero-order valence-corrected chi connectivity index (χ0v) is 16.7. The van der Waals surface area contributed by atoms with Crippen molar-refractivity contribution in [1.82, 2.24) is 4.98 Å². The van der Waals surface area contributed by atoms with Gasteiger partial charge in [-0.1, -0.05) is 25.1 Å². The minimum atomic E-state index is 0.0371. The predicted molar refractivity (Wildman–Crippen MR) is 105 cm³/mol. The van der Waals surface area contributed by atoms with Gasteiger partial charge in [0.15, 0.2) is 0 Å².